The maximum absolute atomic E-state index is 11.8. The minimum atomic E-state index is -0.304. The molecule has 0 unspecified atom stereocenters. The molecular weight excluding hydrogens is 282 g/mol. The Morgan fingerprint density at radius 2 is 2.00 bits per heavy atom. The van der Waals surface area contributed by atoms with Gasteiger partial charge in [0.15, 0.2) is 0 Å². The molecule has 2 aromatic carbocycles. The number of hydrogen-bond donors (Lipinski definition) is 1. The second-order valence-electron chi connectivity index (χ2n) is 4.94. The lowest BCUT2D eigenvalue weighted by Gasteiger charge is -1.96. The van der Waals surface area contributed by atoms with Gasteiger partial charge < -0.3 is 9.72 Å². The van der Waals surface area contributed by atoms with Gasteiger partial charge >= 0.3 is 5.97 Å². The molecule has 0 aliphatic carbocycles. The maximum Gasteiger partial charge on any atom is 0.354 e. The highest BCUT2D eigenvalue weighted by Crippen LogP contribution is 2.36. The Hall–Kier alpha value is -2.33. The Morgan fingerprint density at radius 3 is 2.86 bits per heavy atom. The molecule has 4 aromatic rings. The van der Waals surface area contributed by atoms with Gasteiger partial charge in [-0.05, 0) is 31.2 Å². The molecule has 4 rings (SSSR count). The van der Waals surface area contributed by atoms with Crippen molar-refractivity contribution in [2.75, 3.05) is 6.61 Å². The van der Waals surface area contributed by atoms with E-state index in [0.29, 0.717) is 12.3 Å². The summed E-state index contributed by atoms with van der Waals surface area (Å²) < 4.78 is 7.55. The van der Waals surface area contributed by atoms with Gasteiger partial charge in [0.25, 0.3) is 0 Å². The minimum absolute atomic E-state index is 0.304. The van der Waals surface area contributed by atoms with E-state index in [1.807, 2.05) is 13.0 Å². The van der Waals surface area contributed by atoms with Crippen LogP contribution in [0.4, 0.5) is 0 Å². The quantitative estimate of drug-likeness (QED) is 0.544. The standard InChI is InChI=1S/C17H13NO2S/c1-2-20-17(19)14-8-10-7-12-11-5-3-4-6-15(11)21-16(12)9-13(10)18-14/h3-9,18H,2H2,1H3. The molecule has 0 fully saturated rings. The number of aromatic amines is 1. The van der Waals surface area contributed by atoms with Crippen LogP contribution in [0.3, 0.4) is 0 Å². The van der Waals surface area contributed by atoms with Crippen molar-refractivity contribution in [1.29, 1.82) is 0 Å². The molecule has 0 amide bonds. The number of nitrogens with one attached hydrogen (secondary N) is 1. The minimum Gasteiger partial charge on any atom is -0.461 e. The lowest BCUT2D eigenvalue weighted by Crippen LogP contribution is -2.04. The summed E-state index contributed by atoms with van der Waals surface area (Å²) in [6.07, 6.45) is 0. The van der Waals surface area contributed by atoms with E-state index in [9.17, 15) is 4.79 Å². The van der Waals surface area contributed by atoms with Crippen LogP contribution in [0, 0.1) is 0 Å². The van der Waals surface area contributed by atoms with E-state index < -0.39 is 0 Å². The highest BCUT2D eigenvalue weighted by Gasteiger charge is 2.12. The number of esters is 1. The molecule has 2 aromatic heterocycles. The van der Waals surface area contributed by atoms with Crippen LogP contribution >= 0.6 is 11.3 Å². The number of fused-ring (bicyclic) bond motifs is 4. The van der Waals surface area contributed by atoms with Crippen LogP contribution in [-0.2, 0) is 4.74 Å². The normalized spacial score (nSPS) is 11.5. The Morgan fingerprint density at radius 1 is 1.14 bits per heavy atom. The van der Waals surface area contributed by atoms with Crippen LogP contribution in [0.25, 0.3) is 31.1 Å². The number of H-pyrrole nitrogens is 1. The number of benzene rings is 2. The van der Waals surface area contributed by atoms with Crippen LogP contribution in [0.5, 0.6) is 0 Å². The molecule has 0 radical (unpaired) electrons. The fraction of sp³-hybridized carbons (Fsp3) is 0.118. The van der Waals surface area contributed by atoms with E-state index in [-0.39, 0.29) is 5.97 Å². The van der Waals surface area contributed by atoms with Crippen molar-refractivity contribution in [2.24, 2.45) is 0 Å². The second-order valence-corrected chi connectivity index (χ2v) is 6.02. The van der Waals surface area contributed by atoms with Gasteiger partial charge in [-0.3, -0.25) is 0 Å². The summed E-state index contributed by atoms with van der Waals surface area (Å²) in [7, 11) is 0. The van der Waals surface area contributed by atoms with Crippen molar-refractivity contribution < 1.29 is 9.53 Å². The van der Waals surface area contributed by atoms with Gasteiger partial charge in [0.1, 0.15) is 5.69 Å². The topological polar surface area (TPSA) is 42.1 Å². The first-order chi connectivity index (χ1) is 10.3. The predicted molar refractivity (Wildman–Crippen MR) is 87.1 cm³/mol. The van der Waals surface area contributed by atoms with Crippen LogP contribution in [0.15, 0.2) is 42.5 Å². The second kappa shape index (κ2) is 4.60. The fourth-order valence-electron chi connectivity index (χ4n) is 2.67. The zero-order valence-electron chi connectivity index (χ0n) is 11.5. The third-order valence-electron chi connectivity index (χ3n) is 3.61. The molecule has 0 bridgehead atoms. The van der Waals surface area contributed by atoms with Gasteiger partial charge in [-0.15, -0.1) is 11.3 Å². The van der Waals surface area contributed by atoms with E-state index >= 15 is 0 Å². The first-order valence-corrected chi connectivity index (χ1v) is 7.69. The number of hydrogen-bond acceptors (Lipinski definition) is 3. The van der Waals surface area contributed by atoms with E-state index in [0.717, 1.165) is 10.9 Å². The molecule has 3 nitrogen and oxygen atoms in total. The SMILES string of the molecule is CCOC(=O)c1cc2cc3c(cc2[nH]1)sc1ccccc13. The molecule has 21 heavy (non-hydrogen) atoms. The summed E-state index contributed by atoms with van der Waals surface area (Å²) >= 11 is 1.77. The average molecular weight is 295 g/mol. The van der Waals surface area contributed by atoms with Crippen molar-refractivity contribution in [2.45, 2.75) is 6.92 Å². The van der Waals surface area contributed by atoms with Crippen LogP contribution < -0.4 is 0 Å². The molecule has 4 heteroatoms. The molecule has 0 atom stereocenters. The molecular formula is C17H13NO2S. The molecule has 1 N–H and O–H groups in total. The Labute approximate surface area is 125 Å². The lowest BCUT2D eigenvalue weighted by atomic mass is 10.1. The van der Waals surface area contributed by atoms with Crippen molar-refractivity contribution in [3.05, 3.63) is 48.2 Å². The van der Waals surface area contributed by atoms with Gasteiger partial charge in [0, 0.05) is 31.1 Å². The van der Waals surface area contributed by atoms with Crippen molar-refractivity contribution in [1.82, 2.24) is 4.98 Å². The summed E-state index contributed by atoms with van der Waals surface area (Å²) in [5.74, 6) is -0.304. The molecule has 0 saturated carbocycles. The first kappa shape index (κ1) is 12.4. The van der Waals surface area contributed by atoms with Crippen molar-refractivity contribution in [3.63, 3.8) is 0 Å². The third-order valence-corrected chi connectivity index (χ3v) is 4.75. The highest BCUT2D eigenvalue weighted by atomic mass is 32.1. The summed E-state index contributed by atoms with van der Waals surface area (Å²) in [6, 6.07) is 14.5. The molecule has 0 saturated heterocycles. The lowest BCUT2D eigenvalue weighted by molar-refractivity contribution is 0.0520. The van der Waals surface area contributed by atoms with Crippen LogP contribution in [-0.4, -0.2) is 17.6 Å². The van der Waals surface area contributed by atoms with Crippen molar-refractivity contribution in [3.8, 4) is 0 Å². The molecule has 2 heterocycles. The Kier molecular flexibility index (Phi) is 2.72. The fourth-order valence-corrected chi connectivity index (χ4v) is 3.80. The number of rotatable bonds is 2. The van der Waals surface area contributed by atoms with Crippen LogP contribution in [0.1, 0.15) is 17.4 Å². The summed E-state index contributed by atoms with van der Waals surface area (Å²) in [5, 5.41) is 3.53. The summed E-state index contributed by atoms with van der Waals surface area (Å²) in [5.41, 5.74) is 1.48. The van der Waals surface area contributed by atoms with Crippen LogP contribution in [0.2, 0.25) is 0 Å². The largest absolute Gasteiger partial charge is 0.461 e. The molecule has 0 spiro atoms. The monoisotopic (exact) mass is 295 g/mol. The Balaban J connectivity index is 1.96. The predicted octanol–water partition coefficient (Wildman–Crippen LogP) is 4.71. The number of aromatic nitrogens is 1. The zero-order chi connectivity index (χ0) is 14.4. The Bertz CT molecular complexity index is 980. The van der Waals surface area contributed by atoms with Gasteiger partial charge in [-0.25, -0.2) is 4.79 Å². The number of carbonyl (C=O) groups excluding carboxylic acids is 1. The number of ether oxygens (including phenoxy) is 1. The smallest absolute Gasteiger partial charge is 0.354 e. The number of thiophene rings is 1. The number of carbonyl (C=O) groups is 1. The maximum atomic E-state index is 11.8. The van der Waals surface area contributed by atoms with E-state index in [4.69, 9.17) is 4.74 Å². The average Bonchev–Trinajstić information content (AvgIpc) is 3.05. The molecule has 104 valence electrons. The third kappa shape index (κ3) is 1.91. The first-order valence-electron chi connectivity index (χ1n) is 6.87. The molecule has 0 aliphatic rings. The van der Waals surface area contributed by atoms with Gasteiger partial charge in [-0.2, -0.15) is 0 Å². The van der Waals surface area contributed by atoms with Gasteiger partial charge in [0.05, 0.1) is 6.61 Å². The zero-order valence-corrected chi connectivity index (χ0v) is 12.3. The van der Waals surface area contributed by atoms with E-state index in [1.54, 1.807) is 11.3 Å². The highest BCUT2D eigenvalue weighted by molar-refractivity contribution is 7.25. The van der Waals surface area contributed by atoms with Gasteiger partial charge in [0.2, 0.25) is 0 Å². The summed E-state index contributed by atoms with van der Waals surface area (Å²) in [4.78, 5) is 15.0. The molecule has 0 aliphatic heterocycles. The van der Waals surface area contributed by atoms with E-state index in [2.05, 4.69) is 41.4 Å². The van der Waals surface area contributed by atoms with Crippen molar-refractivity contribution >= 4 is 48.4 Å². The summed E-state index contributed by atoms with van der Waals surface area (Å²) in [6.45, 7) is 2.19. The van der Waals surface area contributed by atoms with Gasteiger partial charge in [-0.1, -0.05) is 18.2 Å². The van der Waals surface area contributed by atoms with E-state index in [1.165, 1.54) is 20.2 Å².